The third-order valence-electron chi connectivity index (χ3n) is 2.77. The molecule has 3 amide bonds. The summed E-state index contributed by atoms with van der Waals surface area (Å²) < 4.78 is 0. The van der Waals surface area contributed by atoms with Gasteiger partial charge in [0.15, 0.2) is 0 Å². The van der Waals surface area contributed by atoms with Gasteiger partial charge in [-0.05, 0) is 12.8 Å². The Balaban J connectivity index is 4.66. The summed E-state index contributed by atoms with van der Waals surface area (Å²) in [5, 5.41) is 11.4. The van der Waals surface area contributed by atoms with Gasteiger partial charge in [0.1, 0.15) is 12.6 Å². The number of primary amides is 1. The van der Waals surface area contributed by atoms with Gasteiger partial charge in [-0.2, -0.15) is 0 Å². The number of carboxylic acids is 1. The molecule has 0 aromatic rings. The molecule has 2 unspecified atom stereocenters. The molecule has 7 heteroatoms. The summed E-state index contributed by atoms with van der Waals surface area (Å²) in [5.74, 6) is -1.92. The lowest BCUT2D eigenvalue weighted by atomic mass is 9.99. The smallest absolute Gasteiger partial charge is 0.326 e. The van der Waals surface area contributed by atoms with Crippen molar-refractivity contribution in [2.45, 2.75) is 33.2 Å². The van der Waals surface area contributed by atoms with Crippen molar-refractivity contribution in [3.63, 3.8) is 0 Å². The monoisotopic (exact) mass is 259 g/mol. The summed E-state index contributed by atoms with van der Waals surface area (Å²) in [6.07, 6.45) is 0.624. The van der Waals surface area contributed by atoms with Gasteiger partial charge < -0.3 is 21.1 Å². The molecule has 0 saturated heterocycles. The summed E-state index contributed by atoms with van der Waals surface area (Å²) >= 11 is 0. The van der Waals surface area contributed by atoms with Gasteiger partial charge in [0.25, 0.3) is 0 Å². The van der Waals surface area contributed by atoms with E-state index in [2.05, 4.69) is 5.32 Å². The van der Waals surface area contributed by atoms with E-state index in [9.17, 15) is 14.4 Å². The van der Waals surface area contributed by atoms with Crippen molar-refractivity contribution in [1.29, 1.82) is 0 Å². The third-order valence-corrected chi connectivity index (χ3v) is 2.77. The first-order chi connectivity index (χ1) is 8.33. The number of nitrogens with two attached hydrogens (primary N) is 1. The first-order valence-corrected chi connectivity index (χ1v) is 5.89. The standard InChI is InChI=1S/C11H21N3O4/c1-4-7(3)9(10(16)17)13-11(18)14(5-2)6-8(12)15/h7,9H,4-6H2,1-3H3,(H2,12,15)(H,13,18)(H,16,17). The number of rotatable bonds is 7. The van der Waals surface area contributed by atoms with E-state index in [1.165, 1.54) is 4.90 Å². The van der Waals surface area contributed by atoms with Crippen LogP contribution in [0.25, 0.3) is 0 Å². The third kappa shape index (κ3) is 5.03. The molecular weight excluding hydrogens is 238 g/mol. The van der Waals surface area contributed by atoms with Gasteiger partial charge in [0.2, 0.25) is 5.91 Å². The van der Waals surface area contributed by atoms with Crippen LogP contribution in [0.1, 0.15) is 27.2 Å². The zero-order valence-electron chi connectivity index (χ0n) is 11.0. The molecule has 2 atom stereocenters. The topological polar surface area (TPSA) is 113 Å². The van der Waals surface area contributed by atoms with Crippen LogP contribution in [0.15, 0.2) is 0 Å². The van der Waals surface area contributed by atoms with Gasteiger partial charge in [0, 0.05) is 6.54 Å². The van der Waals surface area contributed by atoms with Crippen LogP contribution >= 0.6 is 0 Å². The molecule has 0 aliphatic rings. The Labute approximate surface area is 106 Å². The predicted octanol–water partition coefficient (Wildman–Crippen LogP) is 0.00250. The fourth-order valence-corrected chi connectivity index (χ4v) is 1.42. The van der Waals surface area contributed by atoms with Gasteiger partial charge in [0.05, 0.1) is 0 Å². The van der Waals surface area contributed by atoms with E-state index >= 15 is 0 Å². The normalized spacial score (nSPS) is 13.5. The van der Waals surface area contributed by atoms with Crippen LogP contribution in [0.3, 0.4) is 0 Å². The van der Waals surface area contributed by atoms with Crippen LogP contribution < -0.4 is 11.1 Å². The second-order valence-corrected chi connectivity index (χ2v) is 4.13. The molecule has 0 aliphatic heterocycles. The minimum atomic E-state index is -1.09. The molecule has 0 saturated carbocycles. The van der Waals surface area contributed by atoms with Gasteiger partial charge in [-0.15, -0.1) is 0 Å². The zero-order valence-corrected chi connectivity index (χ0v) is 11.0. The molecule has 0 heterocycles. The molecule has 0 aromatic heterocycles. The summed E-state index contributed by atoms with van der Waals surface area (Å²) in [4.78, 5) is 34.8. The number of hydrogen-bond donors (Lipinski definition) is 3. The lowest BCUT2D eigenvalue weighted by Gasteiger charge is -2.25. The number of urea groups is 1. The van der Waals surface area contributed by atoms with Crippen molar-refractivity contribution in [3.05, 3.63) is 0 Å². The first-order valence-electron chi connectivity index (χ1n) is 5.89. The van der Waals surface area contributed by atoms with Crippen molar-refractivity contribution >= 4 is 17.9 Å². The zero-order chi connectivity index (χ0) is 14.3. The average molecular weight is 259 g/mol. The van der Waals surface area contributed by atoms with E-state index < -0.39 is 23.9 Å². The second kappa shape index (κ2) is 7.52. The SMILES string of the molecule is CCC(C)C(NC(=O)N(CC)CC(N)=O)C(=O)O. The van der Waals surface area contributed by atoms with Crippen molar-refractivity contribution < 1.29 is 19.5 Å². The van der Waals surface area contributed by atoms with Crippen LogP contribution in [0.4, 0.5) is 4.79 Å². The predicted molar refractivity (Wildman–Crippen MR) is 65.9 cm³/mol. The Morgan fingerprint density at radius 1 is 1.33 bits per heavy atom. The average Bonchev–Trinajstić information content (AvgIpc) is 2.30. The number of amides is 3. The van der Waals surface area contributed by atoms with Crippen molar-refractivity contribution in [3.8, 4) is 0 Å². The molecular formula is C11H21N3O4. The maximum atomic E-state index is 11.8. The highest BCUT2D eigenvalue weighted by atomic mass is 16.4. The van der Waals surface area contributed by atoms with Crippen LogP contribution in [0.2, 0.25) is 0 Å². The Morgan fingerprint density at radius 3 is 2.22 bits per heavy atom. The van der Waals surface area contributed by atoms with Crippen LogP contribution in [0, 0.1) is 5.92 Å². The second-order valence-electron chi connectivity index (χ2n) is 4.13. The minimum absolute atomic E-state index is 0.196. The van der Waals surface area contributed by atoms with Crippen molar-refractivity contribution in [2.24, 2.45) is 11.7 Å². The quantitative estimate of drug-likeness (QED) is 0.597. The summed E-state index contributed by atoms with van der Waals surface area (Å²) in [6, 6.07) is -1.56. The first kappa shape index (κ1) is 16.2. The number of carboxylic acid groups (broad SMARTS) is 1. The number of hydrogen-bond acceptors (Lipinski definition) is 3. The molecule has 0 spiro atoms. The molecule has 104 valence electrons. The molecule has 4 N–H and O–H groups in total. The summed E-state index contributed by atoms with van der Waals surface area (Å²) in [6.45, 7) is 5.32. The van der Waals surface area contributed by atoms with E-state index in [4.69, 9.17) is 10.8 Å². The lowest BCUT2D eigenvalue weighted by molar-refractivity contribution is -0.140. The van der Waals surface area contributed by atoms with Gasteiger partial charge in [-0.1, -0.05) is 20.3 Å². The van der Waals surface area contributed by atoms with Crippen molar-refractivity contribution in [1.82, 2.24) is 10.2 Å². The molecule has 18 heavy (non-hydrogen) atoms. The van der Waals surface area contributed by atoms with Crippen molar-refractivity contribution in [2.75, 3.05) is 13.1 Å². The highest BCUT2D eigenvalue weighted by Crippen LogP contribution is 2.08. The number of aliphatic carboxylic acids is 1. The highest BCUT2D eigenvalue weighted by Gasteiger charge is 2.27. The van der Waals surface area contributed by atoms with E-state index in [0.717, 1.165) is 0 Å². The number of likely N-dealkylation sites (N-methyl/N-ethyl adjacent to an activating group) is 1. The van der Waals surface area contributed by atoms with Crippen LogP contribution in [0.5, 0.6) is 0 Å². The minimum Gasteiger partial charge on any atom is -0.480 e. The van der Waals surface area contributed by atoms with E-state index in [-0.39, 0.29) is 19.0 Å². The van der Waals surface area contributed by atoms with E-state index in [1.54, 1.807) is 13.8 Å². The fraction of sp³-hybridized carbons (Fsp3) is 0.727. The number of nitrogens with zero attached hydrogens (tertiary/aromatic N) is 1. The molecule has 0 radical (unpaired) electrons. The number of nitrogens with one attached hydrogen (secondary N) is 1. The molecule has 0 bridgehead atoms. The Morgan fingerprint density at radius 2 is 1.89 bits per heavy atom. The molecule has 0 aromatic carbocycles. The van der Waals surface area contributed by atoms with Crippen LogP contribution in [-0.4, -0.2) is 47.0 Å². The van der Waals surface area contributed by atoms with Gasteiger partial charge in [-0.25, -0.2) is 9.59 Å². The largest absolute Gasteiger partial charge is 0.480 e. The summed E-state index contributed by atoms with van der Waals surface area (Å²) in [7, 11) is 0. The molecule has 7 nitrogen and oxygen atoms in total. The van der Waals surface area contributed by atoms with Gasteiger partial charge >= 0.3 is 12.0 Å². The molecule has 0 rings (SSSR count). The molecule has 0 aliphatic carbocycles. The van der Waals surface area contributed by atoms with E-state index in [0.29, 0.717) is 6.42 Å². The number of carbonyl (C=O) groups excluding carboxylic acids is 2. The Hall–Kier alpha value is -1.79. The fourth-order valence-electron chi connectivity index (χ4n) is 1.42. The lowest BCUT2D eigenvalue weighted by Crippen LogP contribution is -2.52. The maximum absolute atomic E-state index is 11.8. The number of carbonyl (C=O) groups is 3. The Kier molecular flexibility index (Phi) is 6.77. The van der Waals surface area contributed by atoms with Gasteiger partial charge in [-0.3, -0.25) is 4.79 Å². The highest BCUT2D eigenvalue weighted by molar-refractivity contribution is 5.86. The maximum Gasteiger partial charge on any atom is 0.326 e. The van der Waals surface area contributed by atoms with Crippen LogP contribution in [-0.2, 0) is 9.59 Å². The van der Waals surface area contributed by atoms with E-state index in [1.807, 2.05) is 6.92 Å². The summed E-state index contributed by atoms with van der Waals surface area (Å²) in [5.41, 5.74) is 5.01. The molecule has 0 fully saturated rings. The Bertz CT molecular complexity index is 319.